The van der Waals surface area contributed by atoms with Crippen molar-refractivity contribution in [3.63, 3.8) is 0 Å². The van der Waals surface area contributed by atoms with Crippen LogP contribution in [0, 0.1) is 0 Å². The second-order valence-corrected chi connectivity index (χ2v) is 8.12. The molecule has 126 valence electrons. The Kier molecular flexibility index (Phi) is 5.69. The summed E-state index contributed by atoms with van der Waals surface area (Å²) < 4.78 is 30.0. The number of hydrogen-bond donors (Lipinski definition) is 0. The number of rotatable bonds is 7. The molecule has 0 atom stereocenters. The molecule has 0 spiro atoms. The molecule has 0 N–H and O–H groups in total. The first-order valence-electron chi connectivity index (χ1n) is 6.89. The molecule has 1 amide bonds. The molecule has 1 aromatic carbocycles. The van der Waals surface area contributed by atoms with E-state index in [4.69, 9.17) is 4.74 Å². The van der Waals surface area contributed by atoms with Gasteiger partial charge in [0.2, 0.25) is 15.9 Å². The molecule has 2 aromatic rings. The van der Waals surface area contributed by atoms with Crippen LogP contribution in [0.3, 0.4) is 0 Å². The lowest BCUT2D eigenvalue weighted by Gasteiger charge is -2.22. The average molecular weight is 357 g/mol. The highest BCUT2D eigenvalue weighted by atomic mass is 32.2. The third-order valence-electron chi connectivity index (χ3n) is 3.26. The first-order valence-corrected chi connectivity index (χ1v) is 9.55. The van der Waals surface area contributed by atoms with Crippen LogP contribution in [0.25, 0.3) is 10.2 Å². The number of fused-ring (bicyclic) bond motifs is 1. The second kappa shape index (κ2) is 7.35. The minimum atomic E-state index is -3.42. The number of thiazole rings is 1. The van der Waals surface area contributed by atoms with Crippen LogP contribution in [-0.2, 0) is 19.6 Å². The maximum atomic E-state index is 12.5. The van der Waals surface area contributed by atoms with E-state index in [0.717, 1.165) is 20.8 Å². The predicted octanol–water partition coefficient (Wildman–Crippen LogP) is 1.17. The van der Waals surface area contributed by atoms with Gasteiger partial charge in [0, 0.05) is 14.2 Å². The number of methoxy groups -OCH3 is 1. The summed E-state index contributed by atoms with van der Waals surface area (Å²) in [5.41, 5.74) is 0.805. The van der Waals surface area contributed by atoms with Crippen molar-refractivity contribution >= 4 is 42.6 Å². The maximum absolute atomic E-state index is 12.5. The van der Waals surface area contributed by atoms with E-state index >= 15 is 0 Å². The van der Waals surface area contributed by atoms with Crippen LogP contribution < -0.4 is 4.90 Å². The van der Waals surface area contributed by atoms with Crippen molar-refractivity contribution in [2.24, 2.45) is 0 Å². The summed E-state index contributed by atoms with van der Waals surface area (Å²) in [5.74, 6) is -0.339. The molecule has 0 fully saturated rings. The number of amides is 1. The third-order valence-corrected chi connectivity index (χ3v) is 5.58. The Morgan fingerprint density at radius 2 is 2.04 bits per heavy atom. The zero-order chi connectivity index (χ0) is 17.0. The quantitative estimate of drug-likeness (QED) is 0.743. The van der Waals surface area contributed by atoms with Crippen molar-refractivity contribution in [2.75, 3.05) is 45.0 Å². The van der Waals surface area contributed by atoms with E-state index in [2.05, 4.69) is 4.98 Å². The zero-order valence-electron chi connectivity index (χ0n) is 13.2. The highest BCUT2D eigenvalue weighted by Crippen LogP contribution is 2.28. The molecular weight excluding hydrogens is 338 g/mol. The molecule has 0 aliphatic rings. The maximum Gasteiger partial charge on any atom is 0.244 e. The van der Waals surface area contributed by atoms with Gasteiger partial charge in [-0.25, -0.2) is 13.4 Å². The van der Waals surface area contributed by atoms with Gasteiger partial charge in [0.25, 0.3) is 0 Å². The SMILES string of the molecule is COCCN(C(=O)CN(C)S(C)(=O)=O)c1nc2ccccc2s1. The first kappa shape index (κ1) is 17.8. The number of benzene rings is 1. The van der Waals surface area contributed by atoms with Crippen molar-refractivity contribution in [1.29, 1.82) is 0 Å². The average Bonchev–Trinajstić information content (AvgIpc) is 2.90. The molecular formula is C14H19N3O4S2. The van der Waals surface area contributed by atoms with E-state index in [1.54, 1.807) is 7.11 Å². The van der Waals surface area contributed by atoms with Crippen molar-refractivity contribution in [1.82, 2.24) is 9.29 Å². The number of carbonyl (C=O) groups excluding carboxylic acids is 1. The molecule has 1 aromatic heterocycles. The van der Waals surface area contributed by atoms with Crippen LogP contribution in [0.5, 0.6) is 0 Å². The predicted molar refractivity (Wildman–Crippen MR) is 91.3 cm³/mol. The van der Waals surface area contributed by atoms with Gasteiger partial charge in [-0.1, -0.05) is 23.5 Å². The third kappa shape index (κ3) is 4.47. The lowest BCUT2D eigenvalue weighted by atomic mass is 10.3. The summed E-state index contributed by atoms with van der Waals surface area (Å²) in [4.78, 5) is 18.4. The van der Waals surface area contributed by atoms with Crippen molar-refractivity contribution < 1.29 is 17.9 Å². The van der Waals surface area contributed by atoms with Crippen LogP contribution in [-0.4, -0.2) is 63.7 Å². The molecule has 0 saturated heterocycles. The summed E-state index contributed by atoms with van der Waals surface area (Å²) in [6.07, 6.45) is 1.07. The van der Waals surface area contributed by atoms with E-state index < -0.39 is 10.0 Å². The van der Waals surface area contributed by atoms with Crippen molar-refractivity contribution in [3.8, 4) is 0 Å². The van der Waals surface area contributed by atoms with Gasteiger partial charge in [-0.05, 0) is 12.1 Å². The molecule has 0 unspecified atom stereocenters. The summed E-state index contributed by atoms with van der Waals surface area (Å²) in [6.45, 7) is 0.412. The largest absolute Gasteiger partial charge is 0.383 e. The number of ether oxygens (including phenoxy) is 1. The molecule has 0 aliphatic heterocycles. The second-order valence-electron chi connectivity index (χ2n) is 5.02. The van der Waals surface area contributed by atoms with E-state index in [0.29, 0.717) is 18.3 Å². The first-order chi connectivity index (χ1) is 10.8. The Morgan fingerprint density at radius 1 is 1.35 bits per heavy atom. The van der Waals surface area contributed by atoms with Crippen LogP contribution in [0.15, 0.2) is 24.3 Å². The number of hydrogen-bond acceptors (Lipinski definition) is 6. The zero-order valence-corrected chi connectivity index (χ0v) is 14.9. The number of nitrogens with zero attached hydrogens (tertiary/aromatic N) is 3. The fourth-order valence-electron chi connectivity index (χ4n) is 1.88. The Bertz CT molecular complexity index is 755. The number of likely N-dealkylation sites (N-methyl/N-ethyl adjacent to an activating group) is 1. The van der Waals surface area contributed by atoms with E-state index in [9.17, 15) is 13.2 Å². The Labute approximate surface area is 139 Å². The molecule has 0 saturated carbocycles. The van der Waals surface area contributed by atoms with E-state index in [1.165, 1.54) is 23.3 Å². The van der Waals surface area contributed by atoms with Gasteiger partial charge in [0.15, 0.2) is 5.13 Å². The summed E-state index contributed by atoms with van der Waals surface area (Å²) in [6, 6.07) is 7.59. The molecule has 0 bridgehead atoms. The molecule has 0 aliphatic carbocycles. The lowest BCUT2D eigenvalue weighted by Crippen LogP contribution is -2.42. The smallest absolute Gasteiger partial charge is 0.244 e. The molecule has 7 nitrogen and oxygen atoms in total. The lowest BCUT2D eigenvalue weighted by molar-refractivity contribution is -0.118. The number of sulfonamides is 1. The number of anilines is 1. The van der Waals surface area contributed by atoms with Crippen molar-refractivity contribution in [3.05, 3.63) is 24.3 Å². The molecule has 23 heavy (non-hydrogen) atoms. The topological polar surface area (TPSA) is 79.8 Å². The molecule has 9 heteroatoms. The number of carbonyl (C=O) groups is 1. The Morgan fingerprint density at radius 3 is 2.65 bits per heavy atom. The fraction of sp³-hybridized carbons (Fsp3) is 0.429. The fourth-order valence-corrected chi connectivity index (χ4v) is 3.23. The van der Waals surface area contributed by atoms with Gasteiger partial charge in [-0.15, -0.1) is 0 Å². The van der Waals surface area contributed by atoms with Gasteiger partial charge in [-0.2, -0.15) is 4.31 Å². The van der Waals surface area contributed by atoms with Gasteiger partial charge >= 0.3 is 0 Å². The van der Waals surface area contributed by atoms with Crippen LogP contribution in [0.2, 0.25) is 0 Å². The summed E-state index contributed by atoms with van der Waals surface area (Å²) in [7, 11) is -0.501. The normalized spacial score (nSPS) is 12.0. The molecule has 0 radical (unpaired) electrons. The highest BCUT2D eigenvalue weighted by Gasteiger charge is 2.23. The number of aromatic nitrogens is 1. The molecule has 2 rings (SSSR count). The minimum Gasteiger partial charge on any atom is -0.383 e. The Balaban J connectivity index is 2.27. The van der Waals surface area contributed by atoms with Gasteiger partial charge in [0.05, 0.1) is 36.2 Å². The van der Waals surface area contributed by atoms with Gasteiger partial charge in [-0.3, -0.25) is 9.69 Å². The van der Waals surface area contributed by atoms with E-state index in [1.807, 2.05) is 24.3 Å². The monoisotopic (exact) mass is 357 g/mol. The van der Waals surface area contributed by atoms with E-state index in [-0.39, 0.29) is 12.5 Å². The van der Waals surface area contributed by atoms with Crippen LogP contribution in [0.4, 0.5) is 5.13 Å². The van der Waals surface area contributed by atoms with Crippen LogP contribution in [0.1, 0.15) is 0 Å². The van der Waals surface area contributed by atoms with Crippen LogP contribution >= 0.6 is 11.3 Å². The summed E-state index contributed by atoms with van der Waals surface area (Å²) >= 11 is 1.39. The van der Waals surface area contributed by atoms with Gasteiger partial charge in [0.1, 0.15) is 0 Å². The standard InChI is InChI=1S/C14H19N3O4S2/c1-16(23(3,19)20)10-13(18)17(8-9-21-2)14-15-11-6-4-5-7-12(11)22-14/h4-7H,8-10H2,1-3H3. The minimum absolute atomic E-state index is 0.238. The highest BCUT2D eigenvalue weighted by molar-refractivity contribution is 7.88. The summed E-state index contributed by atoms with van der Waals surface area (Å²) in [5, 5.41) is 0.537. The number of para-hydroxylation sites is 1. The van der Waals surface area contributed by atoms with Crippen molar-refractivity contribution in [2.45, 2.75) is 0 Å². The van der Waals surface area contributed by atoms with Gasteiger partial charge < -0.3 is 4.74 Å². The molecule has 1 heterocycles. The Hall–Kier alpha value is -1.55.